The van der Waals surface area contributed by atoms with Crippen molar-refractivity contribution in [3.8, 4) is 0 Å². The van der Waals surface area contributed by atoms with Crippen LogP contribution in [0.1, 0.15) is 87.8 Å². The zero-order chi connectivity index (χ0) is 31.1. The number of nitrogens with one attached hydrogen (secondary N) is 2. The van der Waals surface area contributed by atoms with Crippen LogP contribution in [0.25, 0.3) is 11.2 Å². The molecular weight excluding hydrogens is 570 g/mol. The van der Waals surface area contributed by atoms with Crippen LogP contribution in [-0.2, 0) is 13.1 Å². The van der Waals surface area contributed by atoms with Crippen LogP contribution < -0.4 is 16.5 Å². The number of piperidine rings is 1. The van der Waals surface area contributed by atoms with Gasteiger partial charge in [0.15, 0.2) is 17.0 Å². The predicted molar refractivity (Wildman–Crippen MR) is 186 cm³/mol. The van der Waals surface area contributed by atoms with Gasteiger partial charge in [-0.3, -0.25) is 4.90 Å². The molecule has 3 fully saturated rings. The first kappa shape index (κ1) is 31.1. The highest BCUT2D eigenvalue weighted by molar-refractivity contribution is 5.84. The van der Waals surface area contributed by atoms with Gasteiger partial charge in [-0.1, -0.05) is 73.5 Å². The minimum Gasteiger partial charge on any atom is -0.351 e. The molecule has 1 saturated heterocycles. The lowest BCUT2D eigenvalue weighted by Crippen LogP contribution is -2.39. The number of hydrogen-bond donors (Lipinski definition) is 3. The van der Waals surface area contributed by atoms with E-state index in [0.717, 1.165) is 75.4 Å². The van der Waals surface area contributed by atoms with Gasteiger partial charge in [0.2, 0.25) is 5.95 Å². The Morgan fingerprint density at radius 3 is 2.09 bits per heavy atom. The fraction of sp³-hybridized carbons (Fsp3) is 0.541. The Kier molecular flexibility index (Phi) is 10.1. The molecule has 3 aliphatic rings. The summed E-state index contributed by atoms with van der Waals surface area (Å²) in [6.07, 6.45) is 14.7. The van der Waals surface area contributed by atoms with Crippen molar-refractivity contribution in [2.24, 2.45) is 11.7 Å². The van der Waals surface area contributed by atoms with Crippen molar-refractivity contribution in [3.05, 3.63) is 78.1 Å². The van der Waals surface area contributed by atoms with Crippen molar-refractivity contribution in [2.45, 2.75) is 102 Å². The maximum Gasteiger partial charge on any atom is 0.227 e. The molecule has 9 heteroatoms. The van der Waals surface area contributed by atoms with E-state index in [-0.39, 0.29) is 0 Å². The summed E-state index contributed by atoms with van der Waals surface area (Å²) in [5, 5.41) is 6.01. The van der Waals surface area contributed by atoms with E-state index in [0.29, 0.717) is 30.0 Å². The van der Waals surface area contributed by atoms with Crippen LogP contribution in [0.2, 0.25) is 0 Å². The van der Waals surface area contributed by atoms with Gasteiger partial charge in [-0.05, 0) is 81.4 Å². The van der Waals surface area contributed by atoms with E-state index in [1.54, 1.807) is 0 Å². The molecule has 0 unspecified atom stereocenters. The lowest BCUT2D eigenvalue weighted by atomic mass is 9.92. The van der Waals surface area contributed by atoms with Gasteiger partial charge in [-0.15, -0.1) is 0 Å². The number of rotatable bonds is 12. The molecule has 0 bridgehead atoms. The zero-order valence-corrected chi connectivity index (χ0v) is 27.2. The summed E-state index contributed by atoms with van der Waals surface area (Å²) in [5.41, 5.74) is 14.5. The van der Waals surface area contributed by atoms with Crippen molar-refractivity contribution in [2.75, 3.05) is 30.4 Å². The topological polar surface area (TPSA) is 100 Å². The molecule has 46 heavy (non-hydrogen) atoms. The van der Waals surface area contributed by atoms with Crippen LogP contribution in [0.4, 0.5) is 11.8 Å². The van der Waals surface area contributed by atoms with Gasteiger partial charge in [-0.25, -0.2) is 9.99 Å². The molecule has 2 aromatic carbocycles. The minimum absolute atomic E-state index is 0.321. The van der Waals surface area contributed by atoms with E-state index >= 15 is 0 Å². The molecule has 9 nitrogen and oxygen atoms in total. The molecule has 3 heterocycles. The lowest BCUT2D eigenvalue weighted by molar-refractivity contribution is 0.178. The van der Waals surface area contributed by atoms with Crippen LogP contribution in [0, 0.1) is 5.92 Å². The number of aromatic nitrogens is 4. The maximum absolute atomic E-state index is 6.19. The quantitative estimate of drug-likeness (QED) is 0.160. The van der Waals surface area contributed by atoms with E-state index in [1.165, 1.54) is 56.1 Å². The van der Waals surface area contributed by atoms with Gasteiger partial charge >= 0.3 is 0 Å². The SMILES string of the molecule is NC1CCC(Nc2nc(NN3CCC(CCN(Cc4ccccc4)Cc4ccccc4)CC3)c3ncn(C4CCCC4)c3n2)CC1. The monoisotopic (exact) mass is 621 g/mol. The summed E-state index contributed by atoms with van der Waals surface area (Å²) in [6.45, 7) is 5.07. The van der Waals surface area contributed by atoms with Crippen molar-refractivity contribution in [3.63, 3.8) is 0 Å². The smallest absolute Gasteiger partial charge is 0.227 e. The Bertz CT molecular complexity index is 1460. The molecule has 0 radical (unpaired) electrons. The second-order valence-electron chi connectivity index (χ2n) is 13.9. The Balaban J connectivity index is 0.993. The second-order valence-corrected chi connectivity index (χ2v) is 13.9. The van der Waals surface area contributed by atoms with Crippen molar-refractivity contribution < 1.29 is 0 Å². The number of hydrogen-bond acceptors (Lipinski definition) is 8. The number of hydrazine groups is 1. The van der Waals surface area contributed by atoms with E-state index in [1.807, 2.05) is 6.33 Å². The summed E-state index contributed by atoms with van der Waals surface area (Å²) in [4.78, 5) is 17.5. The molecule has 4 N–H and O–H groups in total. The van der Waals surface area contributed by atoms with Crippen LogP contribution in [0.5, 0.6) is 0 Å². The third-order valence-corrected chi connectivity index (χ3v) is 10.5. The number of anilines is 2. The van der Waals surface area contributed by atoms with Gasteiger partial charge in [-0.2, -0.15) is 9.97 Å². The molecule has 4 aromatic rings. The first-order chi connectivity index (χ1) is 22.7. The van der Waals surface area contributed by atoms with Gasteiger partial charge in [0.05, 0.1) is 6.33 Å². The molecule has 1 aliphatic heterocycles. The molecule has 7 rings (SSSR count). The molecule has 2 aromatic heterocycles. The zero-order valence-electron chi connectivity index (χ0n) is 27.2. The summed E-state index contributed by atoms with van der Waals surface area (Å²) in [6, 6.07) is 22.9. The highest BCUT2D eigenvalue weighted by Gasteiger charge is 2.26. The van der Waals surface area contributed by atoms with Crippen LogP contribution in [0.15, 0.2) is 67.0 Å². The third-order valence-electron chi connectivity index (χ3n) is 10.5. The average molecular weight is 622 g/mol. The van der Waals surface area contributed by atoms with Gasteiger partial charge < -0.3 is 21.0 Å². The molecule has 244 valence electrons. The molecule has 2 aliphatic carbocycles. The minimum atomic E-state index is 0.321. The molecule has 0 amide bonds. The predicted octanol–water partition coefficient (Wildman–Crippen LogP) is 6.75. The molecule has 0 spiro atoms. The summed E-state index contributed by atoms with van der Waals surface area (Å²) in [7, 11) is 0. The summed E-state index contributed by atoms with van der Waals surface area (Å²) < 4.78 is 2.31. The Hall–Kier alpha value is -3.53. The second kappa shape index (κ2) is 14.9. The normalized spacial score (nSPS) is 21.7. The summed E-state index contributed by atoms with van der Waals surface area (Å²) in [5.74, 6) is 2.25. The van der Waals surface area contributed by atoms with Crippen LogP contribution in [-0.4, -0.2) is 61.1 Å². The van der Waals surface area contributed by atoms with E-state index < -0.39 is 0 Å². The highest BCUT2D eigenvalue weighted by atomic mass is 15.5. The first-order valence-corrected chi connectivity index (χ1v) is 17.7. The number of nitrogens with two attached hydrogens (primary N) is 1. The van der Waals surface area contributed by atoms with E-state index in [4.69, 9.17) is 20.7 Å². The maximum atomic E-state index is 6.19. The third kappa shape index (κ3) is 7.88. The van der Waals surface area contributed by atoms with Gasteiger partial charge in [0.25, 0.3) is 0 Å². The van der Waals surface area contributed by atoms with Gasteiger partial charge in [0, 0.05) is 44.3 Å². The highest BCUT2D eigenvalue weighted by Crippen LogP contribution is 2.34. The van der Waals surface area contributed by atoms with Crippen LogP contribution in [0.3, 0.4) is 0 Å². The molecular formula is C37H51N9. The number of benzene rings is 2. The summed E-state index contributed by atoms with van der Waals surface area (Å²) >= 11 is 0. The van der Waals surface area contributed by atoms with Crippen LogP contribution >= 0.6 is 0 Å². The van der Waals surface area contributed by atoms with Crippen molar-refractivity contribution >= 4 is 22.9 Å². The van der Waals surface area contributed by atoms with Crippen molar-refractivity contribution in [1.29, 1.82) is 0 Å². The Labute approximate surface area is 274 Å². The lowest BCUT2D eigenvalue weighted by Gasteiger charge is -2.33. The van der Waals surface area contributed by atoms with E-state index in [9.17, 15) is 0 Å². The Morgan fingerprint density at radius 2 is 1.43 bits per heavy atom. The van der Waals surface area contributed by atoms with Crippen molar-refractivity contribution in [1.82, 2.24) is 29.4 Å². The standard InChI is InChI=1S/C37H51N9/c38-31-15-17-32(18-16-31)40-37-41-35(34-36(42-37)46(27-39-34)33-13-7-8-14-33)43-45-23-20-28(21-24-45)19-22-44(25-29-9-3-1-4-10-29)26-30-11-5-2-6-12-30/h1-6,9-12,27-28,31-33H,7-8,13-26,38H2,(H2,40,41,42,43). The average Bonchev–Trinajstić information content (AvgIpc) is 3.77. The number of imidazole rings is 1. The largest absolute Gasteiger partial charge is 0.351 e. The van der Waals surface area contributed by atoms with E-state index in [2.05, 4.69) is 85.9 Å². The van der Waals surface area contributed by atoms with Gasteiger partial charge in [0.1, 0.15) is 0 Å². The molecule has 0 atom stereocenters. The Morgan fingerprint density at radius 1 is 0.783 bits per heavy atom. The first-order valence-electron chi connectivity index (χ1n) is 17.7. The number of nitrogens with zero attached hydrogens (tertiary/aromatic N) is 6. The fourth-order valence-corrected chi connectivity index (χ4v) is 7.70. The fourth-order valence-electron chi connectivity index (χ4n) is 7.70. The molecule has 2 saturated carbocycles. The number of fused-ring (bicyclic) bond motifs is 1.